The molecule has 2 aliphatic heterocycles. The molecule has 20 heavy (non-hydrogen) atoms. The van der Waals surface area contributed by atoms with E-state index in [9.17, 15) is 14.4 Å². The van der Waals surface area contributed by atoms with Crippen molar-refractivity contribution < 1.29 is 23.9 Å². The Bertz CT molecular complexity index is 347. The Morgan fingerprint density at radius 1 is 0.800 bits per heavy atom. The number of amides is 4. The predicted octanol–water partition coefficient (Wildman–Crippen LogP) is -0.810. The zero-order valence-corrected chi connectivity index (χ0v) is 11.1. The van der Waals surface area contributed by atoms with E-state index in [1.807, 2.05) is 0 Å². The van der Waals surface area contributed by atoms with Gasteiger partial charge in [0.15, 0.2) is 0 Å². The van der Waals surface area contributed by atoms with Crippen molar-refractivity contribution in [3.63, 3.8) is 0 Å². The zero-order chi connectivity index (χ0) is 14.4. The van der Waals surface area contributed by atoms with Gasteiger partial charge in [-0.05, 0) is 0 Å². The number of nitrogens with one attached hydrogen (secondary N) is 2. The van der Waals surface area contributed by atoms with Crippen LogP contribution >= 0.6 is 0 Å². The monoisotopic (exact) mass is 286 g/mol. The number of carbonyl (C=O) groups excluding carboxylic acids is 3. The van der Waals surface area contributed by atoms with Gasteiger partial charge in [0.2, 0.25) is 0 Å². The van der Waals surface area contributed by atoms with Crippen LogP contribution in [0.5, 0.6) is 0 Å². The Hall–Kier alpha value is -2.19. The summed E-state index contributed by atoms with van der Waals surface area (Å²) in [5.74, 6) is 0. The van der Waals surface area contributed by atoms with Crippen LogP contribution in [0.25, 0.3) is 0 Å². The van der Waals surface area contributed by atoms with Crippen molar-refractivity contribution in [3.05, 3.63) is 0 Å². The van der Waals surface area contributed by atoms with E-state index in [4.69, 9.17) is 9.47 Å². The SMILES string of the molecule is O=C(OCCNC(=O)N1CC1)OCCNC(=O)N1CC1. The van der Waals surface area contributed by atoms with Crippen molar-refractivity contribution in [2.24, 2.45) is 0 Å². The highest BCUT2D eigenvalue weighted by molar-refractivity contribution is 5.76. The van der Waals surface area contributed by atoms with Crippen LogP contribution in [-0.4, -0.2) is 80.5 Å². The van der Waals surface area contributed by atoms with E-state index >= 15 is 0 Å². The molecular formula is C11H18N4O5. The van der Waals surface area contributed by atoms with Gasteiger partial charge in [-0.1, -0.05) is 0 Å². The summed E-state index contributed by atoms with van der Waals surface area (Å²) >= 11 is 0. The molecule has 0 spiro atoms. The van der Waals surface area contributed by atoms with Crippen molar-refractivity contribution in [2.45, 2.75) is 0 Å². The summed E-state index contributed by atoms with van der Waals surface area (Å²) in [6.07, 6.45) is -0.813. The largest absolute Gasteiger partial charge is 0.508 e. The molecule has 0 radical (unpaired) electrons. The van der Waals surface area contributed by atoms with Crippen LogP contribution < -0.4 is 10.6 Å². The lowest BCUT2D eigenvalue weighted by Gasteiger charge is -2.08. The van der Waals surface area contributed by atoms with Crippen LogP contribution in [0.3, 0.4) is 0 Å². The Morgan fingerprint density at radius 3 is 1.55 bits per heavy atom. The van der Waals surface area contributed by atoms with Crippen LogP contribution in [0.4, 0.5) is 14.4 Å². The number of urea groups is 2. The van der Waals surface area contributed by atoms with Crippen molar-refractivity contribution in [1.82, 2.24) is 20.4 Å². The van der Waals surface area contributed by atoms with E-state index in [1.54, 1.807) is 9.80 Å². The fourth-order valence-electron chi connectivity index (χ4n) is 1.36. The van der Waals surface area contributed by atoms with Gasteiger partial charge in [-0.15, -0.1) is 0 Å². The number of carbonyl (C=O) groups is 3. The molecule has 9 nitrogen and oxygen atoms in total. The molecule has 0 atom stereocenters. The first-order valence-electron chi connectivity index (χ1n) is 6.52. The summed E-state index contributed by atoms with van der Waals surface area (Å²) in [7, 11) is 0. The molecular weight excluding hydrogens is 268 g/mol. The first-order chi connectivity index (χ1) is 9.66. The lowest BCUT2D eigenvalue weighted by molar-refractivity contribution is 0.0571. The second kappa shape index (κ2) is 6.83. The summed E-state index contributed by atoms with van der Waals surface area (Å²) in [4.78, 5) is 36.7. The molecule has 0 unspecified atom stereocenters. The van der Waals surface area contributed by atoms with Gasteiger partial charge in [0.05, 0.1) is 13.1 Å². The van der Waals surface area contributed by atoms with Gasteiger partial charge < -0.3 is 29.9 Å². The predicted molar refractivity (Wildman–Crippen MR) is 67.2 cm³/mol. The van der Waals surface area contributed by atoms with Crippen LogP contribution in [0.2, 0.25) is 0 Å². The fourth-order valence-corrected chi connectivity index (χ4v) is 1.36. The van der Waals surface area contributed by atoms with Crippen molar-refractivity contribution in [1.29, 1.82) is 0 Å². The summed E-state index contributed by atoms with van der Waals surface area (Å²) < 4.78 is 9.48. The lowest BCUT2D eigenvalue weighted by atomic mass is 10.6. The summed E-state index contributed by atoms with van der Waals surface area (Å²) in [6.45, 7) is 3.70. The molecule has 2 N–H and O–H groups in total. The van der Waals surface area contributed by atoms with E-state index in [1.165, 1.54) is 0 Å². The van der Waals surface area contributed by atoms with E-state index in [0.29, 0.717) is 0 Å². The van der Waals surface area contributed by atoms with E-state index in [0.717, 1.165) is 26.2 Å². The van der Waals surface area contributed by atoms with Gasteiger partial charge in [0.25, 0.3) is 0 Å². The molecule has 2 heterocycles. The average molecular weight is 286 g/mol. The second-order valence-corrected chi connectivity index (χ2v) is 4.38. The maximum absolute atomic E-state index is 11.2. The van der Waals surface area contributed by atoms with Crippen molar-refractivity contribution >= 4 is 18.2 Å². The number of rotatable bonds is 6. The molecule has 0 bridgehead atoms. The third-order valence-corrected chi connectivity index (χ3v) is 2.67. The molecule has 9 heteroatoms. The first-order valence-corrected chi connectivity index (χ1v) is 6.52. The first kappa shape index (κ1) is 14.2. The summed E-state index contributed by atoms with van der Waals surface area (Å²) in [5.41, 5.74) is 0. The maximum Gasteiger partial charge on any atom is 0.508 e. The third kappa shape index (κ3) is 5.21. The van der Waals surface area contributed by atoms with Crippen molar-refractivity contribution in [2.75, 3.05) is 52.5 Å². The third-order valence-electron chi connectivity index (χ3n) is 2.67. The minimum atomic E-state index is -0.813. The minimum Gasteiger partial charge on any atom is -0.432 e. The molecule has 0 saturated carbocycles. The van der Waals surface area contributed by atoms with Gasteiger partial charge in [-0.25, -0.2) is 14.4 Å². The van der Waals surface area contributed by atoms with E-state index in [2.05, 4.69) is 10.6 Å². The normalized spacial score (nSPS) is 15.4. The Labute approximate surface area is 116 Å². The second-order valence-electron chi connectivity index (χ2n) is 4.38. The minimum absolute atomic E-state index is 0.0541. The Balaban J connectivity index is 1.39. The highest BCUT2D eigenvalue weighted by Gasteiger charge is 2.24. The van der Waals surface area contributed by atoms with Crippen LogP contribution in [0.15, 0.2) is 0 Å². The molecule has 2 rings (SSSR count). The molecule has 0 aromatic rings. The van der Waals surface area contributed by atoms with Crippen LogP contribution in [0.1, 0.15) is 0 Å². The van der Waals surface area contributed by atoms with Crippen molar-refractivity contribution in [3.8, 4) is 0 Å². The standard InChI is InChI=1S/C11H18N4O5/c16-9(14-3-4-14)12-1-7-19-11(18)20-8-2-13-10(17)15-5-6-15/h1-8H2,(H,12,16)(H,13,17). The van der Waals surface area contributed by atoms with E-state index in [-0.39, 0.29) is 38.4 Å². The van der Waals surface area contributed by atoms with Gasteiger partial charge in [0, 0.05) is 26.2 Å². The highest BCUT2D eigenvalue weighted by atomic mass is 16.7. The topological polar surface area (TPSA) is 99.8 Å². The van der Waals surface area contributed by atoms with E-state index < -0.39 is 6.16 Å². The fraction of sp³-hybridized carbons (Fsp3) is 0.727. The molecule has 2 fully saturated rings. The lowest BCUT2D eigenvalue weighted by Crippen LogP contribution is -2.33. The average Bonchev–Trinajstić information content (AvgIpc) is 3.31. The molecule has 2 saturated heterocycles. The van der Waals surface area contributed by atoms with Gasteiger partial charge in [-0.2, -0.15) is 0 Å². The van der Waals surface area contributed by atoms with Gasteiger partial charge in [-0.3, -0.25) is 0 Å². The smallest absolute Gasteiger partial charge is 0.432 e. The molecule has 112 valence electrons. The summed E-state index contributed by atoms with van der Waals surface area (Å²) in [5, 5.41) is 5.19. The number of ether oxygens (including phenoxy) is 2. The number of hydrogen-bond acceptors (Lipinski definition) is 5. The molecule has 4 amide bonds. The molecule has 0 aromatic heterocycles. The molecule has 2 aliphatic rings. The zero-order valence-electron chi connectivity index (χ0n) is 11.1. The Morgan fingerprint density at radius 2 is 1.20 bits per heavy atom. The van der Waals surface area contributed by atoms with Gasteiger partial charge in [0.1, 0.15) is 13.2 Å². The number of hydrogen-bond donors (Lipinski definition) is 2. The Kier molecular flexibility index (Phi) is 4.85. The quantitative estimate of drug-likeness (QED) is 0.378. The number of nitrogens with zero attached hydrogens (tertiary/aromatic N) is 2. The highest BCUT2D eigenvalue weighted by Crippen LogP contribution is 2.02. The van der Waals surface area contributed by atoms with Crippen LogP contribution in [0, 0.1) is 0 Å². The van der Waals surface area contributed by atoms with Gasteiger partial charge >= 0.3 is 18.2 Å². The molecule has 0 aliphatic carbocycles. The maximum atomic E-state index is 11.2. The summed E-state index contributed by atoms with van der Waals surface area (Å²) in [6, 6.07) is -0.306. The van der Waals surface area contributed by atoms with Crippen LogP contribution in [-0.2, 0) is 9.47 Å². The molecule has 0 aromatic carbocycles.